The molecule has 5 rings (SSSR count). The van der Waals surface area contributed by atoms with Gasteiger partial charge in [-0.15, -0.1) is 0 Å². The number of hydrogen-bond acceptors (Lipinski definition) is 10. The zero-order chi connectivity index (χ0) is 26.5. The topological polar surface area (TPSA) is 156 Å². The third-order valence-corrected chi connectivity index (χ3v) is 9.95. The maximum atomic E-state index is 12.0. The molecule has 0 spiro atoms. The highest BCUT2D eigenvalue weighted by Crippen LogP contribution is 2.51. The lowest BCUT2D eigenvalue weighted by molar-refractivity contribution is 0.480. The fraction of sp³-hybridized carbons (Fsp3) is 0.273. The van der Waals surface area contributed by atoms with E-state index in [1.54, 1.807) is 18.3 Å². The van der Waals surface area contributed by atoms with Crippen LogP contribution in [-0.4, -0.2) is 55.0 Å². The van der Waals surface area contributed by atoms with Gasteiger partial charge >= 0.3 is 0 Å². The van der Waals surface area contributed by atoms with Gasteiger partial charge in [0.05, 0.1) is 21.2 Å². The quantitative estimate of drug-likeness (QED) is 0.263. The summed E-state index contributed by atoms with van der Waals surface area (Å²) in [7, 11) is -8.76. The van der Waals surface area contributed by atoms with Gasteiger partial charge in [0.2, 0.25) is 0 Å². The Hall–Kier alpha value is -2.56. The first-order valence-electron chi connectivity index (χ1n) is 11.2. The van der Waals surface area contributed by atoms with Gasteiger partial charge in [-0.1, -0.05) is 23.5 Å². The molecule has 37 heavy (non-hydrogen) atoms. The number of fused-ring (bicyclic) bond motifs is 2. The molecule has 0 bridgehead atoms. The Kier molecular flexibility index (Phi) is 6.79. The minimum atomic E-state index is -4.43. The smallest absolute Gasteiger partial charge is 0.294 e. The van der Waals surface area contributed by atoms with Crippen molar-refractivity contribution in [1.29, 1.82) is 0 Å². The molecule has 0 fully saturated rings. The molecular formula is C22H23N5O6S4. The molecule has 0 radical (unpaired) electrons. The standard InChI is InChI=1S/C22H23N5O6S4/c1-3-26-17-8-7-13(36(28,29)30)11-18(17)34-21(26)24-25-22-27(4-2)20-15(16-6-5-9-23-16)10-14(37(31,32)33)12-19(20)35-22/h5-12,21-23H,3-4H2,1-2H3,(H,28,29,30)(H,31,32,33). The van der Waals surface area contributed by atoms with Crippen LogP contribution in [0.15, 0.2) is 78.5 Å². The van der Waals surface area contributed by atoms with Crippen LogP contribution >= 0.6 is 23.5 Å². The third-order valence-electron chi connectivity index (χ3n) is 6.00. The van der Waals surface area contributed by atoms with Gasteiger partial charge in [-0.05, 0) is 56.3 Å². The molecule has 2 atom stereocenters. The molecule has 0 aliphatic carbocycles. The lowest BCUT2D eigenvalue weighted by Gasteiger charge is -2.24. The number of azo groups is 1. The maximum Gasteiger partial charge on any atom is 0.294 e. The van der Waals surface area contributed by atoms with Gasteiger partial charge in [-0.2, -0.15) is 27.1 Å². The maximum absolute atomic E-state index is 12.0. The molecule has 3 aromatic rings. The molecule has 15 heteroatoms. The number of nitrogens with zero attached hydrogens (tertiary/aromatic N) is 4. The summed E-state index contributed by atoms with van der Waals surface area (Å²) < 4.78 is 66.2. The van der Waals surface area contributed by atoms with E-state index in [4.69, 9.17) is 0 Å². The second-order valence-corrected chi connectivity index (χ2v) is 13.2. The molecule has 2 unspecified atom stereocenters. The van der Waals surface area contributed by atoms with Crippen molar-refractivity contribution in [3.05, 3.63) is 48.7 Å². The monoisotopic (exact) mass is 581 g/mol. The van der Waals surface area contributed by atoms with Crippen molar-refractivity contribution >= 4 is 55.1 Å². The van der Waals surface area contributed by atoms with Crippen molar-refractivity contribution in [1.82, 2.24) is 4.98 Å². The van der Waals surface area contributed by atoms with Crippen LogP contribution in [0.2, 0.25) is 0 Å². The molecule has 1 aromatic heterocycles. The van der Waals surface area contributed by atoms with Crippen molar-refractivity contribution in [2.45, 2.75) is 44.4 Å². The summed E-state index contributed by atoms with van der Waals surface area (Å²) in [6.45, 7) is 5.07. The molecule has 11 nitrogen and oxygen atoms in total. The van der Waals surface area contributed by atoms with E-state index in [0.29, 0.717) is 34.1 Å². The van der Waals surface area contributed by atoms with Crippen molar-refractivity contribution in [3.63, 3.8) is 0 Å². The van der Waals surface area contributed by atoms with E-state index in [1.807, 2.05) is 29.7 Å². The Morgan fingerprint density at radius 3 is 2.08 bits per heavy atom. The van der Waals surface area contributed by atoms with E-state index in [1.165, 1.54) is 47.8 Å². The zero-order valence-corrected chi connectivity index (χ0v) is 22.9. The Morgan fingerprint density at radius 2 is 1.49 bits per heavy atom. The summed E-state index contributed by atoms with van der Waals surface area (Å²) >= 11 is 2.66. The molecule has 0 amide bonds. The fourth-order valence-electron chi connectivity index (χ4n) is 4.32. The van der Waals surface area contributed by atoms with Crippen LogP contribution in [0.1, 0.15) is 13.8 Å². The van der Waals surface area contributed by atoms with Crippen molar-refractivity contribution in [3.8, 4) is 11.3 Å². The van der Waals surface area contributed by atoms with Crippen LogP contribution in [0.5, 0.6) is 0 Å². The molecule has 3 N–H and O–H groups in total. The zero-order valence-electron chi connectivity index (χ0n) is 19.6. The number of benzene rings is 2. The average Bonchev–Trinajstić information content (AvgIpc) is 3.56. The Bertz CT molecular complexity index is 1590. The van der Waals surface area contributed by atoms with E-state index in [0.717, 1.165) is 11.4 Å². The number of anilines is 2. The first-order valence-corrected chi connectivity index (χ1v) is 15.8. The minimum absolute atomic E-state index is 0.183. The number of hydrogen-bond donors (Lipinski definition) is 3. The van der Waals surface area contributed by atoms with Gasteiger partial charge in [-0.3, -0.25) is 9.11 Å². The summed E-state index contributed by atoms with van der Waals surface area (Å²) in [4.78, 5) is 8.01. The fourth-order valence-corrected chi connectivity index (χ4v) is 7.97. The molecular weight excluding hydrogens is 559 g/mol. The number of thioether (sulfide) groups is 2. The van der Waals surface area contributed by atoms with Crippen LogP contribution in [-0.2, 0) is 20.2 Å². The third kappa shape index (κ3) is 4.86. The van der Waals surface area contributed by atoms with Crippen LogP contribution in [0, 0.1) is 0 Å². The van der Waals surface area contributed by atoms with Gasteiger partial charge in [0.15, 0.2) is 11.0 Å². The highest BCUT2D eigenvalue weighted by molar-refractivity contribution is 8.00. The number of aromatic nitrogens is 1. The SMILES string of the molecule is CCN1c2ccc(S(=O)(=O)O)cc2SC1N=NC1Sc2cc(S(=O)(=O)O)cc(-c3ccc[nH]3)c2N1CC. The first kappa shape index (κ1) is 26.1. The van der Waals surface area contributed by atoms with Crippen LogP contribution in [0.25, 0.3) is 11.3 Å². The van der Waals surface area contributed by atoms with Crippen molar-refractivity contribution in [2.75, 3.05) is 22.9 Å². The molecule has 2 aliphatic heterocycles. The number of rotatable bonds is 7. The van der Waals surface area contributed by atoms with Crippen LogP contribution in [0.3, 0.4) is 0 Å². The molecule has 196 valence electrons. The van der Waals surface area contributed by atoms with Crippen molar-refractivity contribution in [2.24, 2.45) is 10.2 Å². The van der Waals surface area contributed by atoms with E-state index in [2.05, 4.69) is 15.2 Å². The second-order valence-electron chi connectivity index (χ2n) is 8.17. The molecule has 0 saturated heterocycles. The summed E-state index contributed by atoms with van der Waals surface area (Å²) in [5, 5.41) is 9.17. The van der Waals surface area contributed by atoms with Crippen molar-refractivity contribution < 1.29 is 25.9 Å². The summed E-state index contributed by atoms with van der Waals surface area (Å²) in [5.41, 5.74) is 1.98. The summed E-state index contributed by atoms with van der Waals surface area (Å²) in [5.74, 6) is 0. The lowest BCUT2D eigenvalue weighted by atomic mass is 10.1. The summed E-state index contributed by atoms with van der Waals surface area (Å²) in [6, 6.07) is 10.9. The normalized spacial score (nSPS) is 19.6. The van der Waals surface area contributed by atoms with E-state index >= 15 is 0 Å². The second kappa shape index (κ2) is 9.63. The number of aromatic amines is 1. The molecule has 2 aliphatic rings. The van der Waals surface area contributed by atoms with E-state index in [9.17, 15) is 25.9 Å². The van der Waals surface area contributed by atoms with Gasteiger partial charge in [0, 0.05) is 40.3 Å². The van der Waals surface area contributed by atoms with Gasteiger partial charge in [0.1, 0.15) is 0 Å². The van der Waals surface area contributed by atoms with Gasteiger partial charge in [0.25, 0.3) is 20.2 Å². The van der Waals surface area contributed by atoms with E-state index in [-0.39, 0.29) is 9.79 Å². The van der Waals surface area contributed by atoms with Crippen LogP contribution < -0.4 is 9.80 Å². The molecule has 3 heterocycles. The predicted octanol–water partition coefficient (Wildman–Crippen LogP) is 4.76. The Morgan fingerprint density at radius 1 is 0.865 bits per heavy atom. The largest absolute Gasteiger partial charge is 0.361 e. The Balaban J connectivity index is 1.48. The first-order chi connectivity index (χ1) is 17.5. The highest BCUT2D eigenvalue weighted by Gasteiger charge is 2.35. The number of nitrogens with one attached hydrogen (secondary N) is 1. The highest BCUT2D eigenvalue weighted by atomic mass is 32.2. The minimum Gasteiger partial charge on any atom is -0.361 e. The van der Waals surface area contributed by atoms with Gasteiger partial charge < -0.3 is 14.8 Å². The van der Waals surface area contributed by atoms with Gasteiger partial charge in [-0.25, -0.2) is 0 Å². The molecule has 0 saturated carbocycles. The van der Waals surface area contributed by atoms with Crippen LogP contribution in [0.4, 0.5) is 11.4 Å². The molecule has 2 aromatic carbocycles. The summed E-state index contributed by atoms with van der Waals surface area (Å²) in [6.07, 6.45) is 1.74. The van der Waals surface area contributed by atoms with E-state index < -0.39 is 31.2 Å². The average molecular weight is 582 g/mol. The number of H-pyrrole nitrogens is 1. The Labute approximate surface area is 222 Å². The lowest BCUT2D eigenvalue weighted by Crippen LogP contribution is -2.30. The predicted molar refractivity (Wildman–Crippen MR) is 142 cm³/mol.